The maximum atomic E-state index is 13.8. The first-order chi connectivity index (χ1) is 15.1. The summed E-state index contributed by atoms with van der Waals surface area (Å²) >= 11 is 7.86. The van der Waals surface area contributed by atoms with E-state index in [9.17, 15) is 17.6 Å². The Kier molecular flexibility index (Phi) is 6.84. The van der Waals surface area contributed by atoms with Gasteiger partial charge in [-0.25, -0.2) is 12.8 Å². The van der Waals surface area contributed by atoms with Crippen LogP contribution >= 0.6 is 23.4 Å². The van der Waals surface area contributed by atoms with Crippen LogP contribution in [0.15, 0.2) is 46.2 Å². The van der Waals surface area contributed by atoms with Gasteiger partial charge in [-0.05, 0) is 62.2 Å². The highest BCUT2D eigenvalue weighted by molar-refractivity contribution is 7.99. The second kappa shape index (κ2) is 9.30. The Balaban J connectivity index is 1.59. The number of halogens is 2. The third-order valence-corrected chi connectivity index (χ3v) is 8.95. The van der Waals surface area contributed by atoms with Crippen LogP contribution in [0.4, 0.5) is 4.39 Å². The van der Waals surface area contributed by atoms with Gasteiger partial charge in [0.1, 0.15) is 10.7 Å². The zero-order valence-electron chi connectivity index (χ0n) is 17.7. The molecular weight excluding hydrogens is 475 g/mol. The molecule has 0 aliphatic carbocycles. The van der Waals surface area contributed by atoms with Gasteiger partial charge in [-0.1, -0.05) is 11.6 Å². The second-order valence-electron chi connectivity index (χ2n) is 8.07. The van der Waals surface area contributed by atoms with Crippen molar-refractivity contribution < 1.29 is 22.3 Å². The fourth-order valence-corrected chi connectivity index (χ4v) is 7.26. The number of rotatable bonds is 4. The summed E-state index contributed by atoms with van der Waals surface area (Å²) in [5.41, 5.74) is 0.909. The molecule has 0 saturated carbocycles. The van der Waals surface area contributed by atoms with Crippen LogP contribution in [-0.2, 0) is 14.8 Å². The van der Waals surface area contributed by atoms with Crippen LogP contribution in [0.1, 0.15) is 42.2 Å². The lowest BCUT2D eigenvalue weighted by molar-refractivity contribution is -0.0440. The normalized spacial score (nSPS) is 24.1. The minimum atomic E-state index is -3.91. The molecule has 32 heavy (non-hydrogen) atoms. The van der Waals surface area contributed by atoms with E-state index in [0.717, 1.165) is 16.2 Å². The van der Waals surface area contributed by atoms with Crippen molar-refractivity contribution >= 4 is 39.3 Å². The molecule has 172 valence electrons. The average Bonchev–Trinajstić information content (AvgIpc) is 2.73. The van der Waals surface area contributed by atoms with Crippen LogP contribution in [0.3, 0.4) is 0 Å². The van der Waals surface area contributed by atoms with Gasteiger partial charge in [0.25, 0.3) is 5.91 Å². The number of carbonyl (C=O) groups excluding carboxylic acids is 1. The van der Waals surface area contributed by atoms with Crippen LogP contribution in [0.25, 0.3) is 0 Å². The van der Waals surface area contributed by atoms with E-state index >= 15 is 0 Å². The molecule has 4 rings (SSSR count). The van der Waals surface area contributed by atoms with Gasteiger partial charge >= 0.3 is 0 Å². The van der Waals surface area contributed by atoms with E-state index in [0.29, 0.717) is 6.42 Å². The van der Waals surface area contributed by atoms with E-state index in [-0.39, 0.29) is 52.6 Å². The Labute approximate surface area is 196 Å². The Morgan fingerprint density at radius 1 is 1.19 bits per heavy atom. The number of benzene rings is 2. The van der Waals surface area contributed by atoms with Crippen molar-refractivity contribution in [3.8, 4) is 0 Å². The number of nitrogens with zero attached hydrogens (tertiary/aromatic N) is 1. The fraction of sp³-hybridized carbons (Fsp3) is 0.409. The lowest BCUT2D eigenvalue weighted by Crippen LogP contribution is -2.48. The number of fused-ring (bicyclic) bond motifs is 1. The Hall–Kier alpha value is -1.65. The topological polar surface area (TPSA) is 75.7 Å². The molecule has 1 fully saturated rings. The average molecular weight is 499 g/mol. The Morgan fingerprint density at radius 2 is 1.91 bits per heavy atom. The predicted molar refractivity (Wildman–Crippen MR) is 122 cm³/mol. The first-order valence-electron chi connectivity index (χ1n) is 10.3. The van der Waals surface area contributed by atoms with Crippen LogP contribution in [-0.4, -0.2) is 49.7 Å². The first kappa shape index (κ1) is 23.5. The molecule has 1 N–H and O–H groups in total. The highest BCUT2D eigenvalue weighted by Gasteiger charge is 2.34. The molecule has 2 aliphatic rings. The maximum Gasteiger partial charge on any atom is 0.251 e. The zero-order chi connectivity index (χ0) is 23.0. The van der Waals surface area contributed by atoms with Crippen LogP contribution < -0.4 is 5.32 Å². The molecule has 2 heterocycles. The second-order valence-corrected chi connectivity index (χ2v) is 11.5. The van der Waals surface area contributed by atoms with E-state index in [1.54, 1.807) is 17.8 Å². The van der Waals surface area contributed by atoms with Crippen LogP contribution in [0.2, 0.25) is 5.02 Å². The quantitative estimate of drug-likeness (QED) is 0.682. The van der Waals surface area contributed by atoms with Crippen LogP contribution in [0.5, 0.6) is 0 Å². The summed E-state index contributed by atoms with van der Waals surface area (Å²) < 4.78 is 47.3. The van der Waals surface area contributed by atoms with E-state index in [2.05, 4.69) is 5.32 Å². The molecule has 2 aromatic rings. The SMILES string of the molecule is C[C@@H]1CN(S(=O)(=O)c2cc(C(=O)N[C@@H]3CCSc4ccc(F)cc43)ccc2Cl)C[C@H](C)O1. The summed E-state index contributed by atoms with van der Waals surface area (Å²) in [4.78, 5) is 13.8. The number of ether oxygens (including phenoxy) is 1. The summed E-state index contributed by atoms with van der Waals surface area (Å²) in [5, 5.41) is 2.97. The van der Waals surface area contributed by atoms with Crippen molar-refractivity contribution in [3.63, 3.8) is 0 Å². The third-order valence-electron chi connectivity index (χ3n) is 5.51. The summed E-state index contributed by atoms with van der Waals surface area (Å²) in [6.45, 7) is 4.04. The van der Waals surface area contributed by atoms with E-state index in [4.69, 9.17) is 16.3 Å². The highest BCUT2D eigenvalue weighted by atomic mass is 35.5. The lowest BCUT2D eigenvalue weighted by Gasteiger charge is -2.34. The number of thioether (sulfide) groups is 1. The van der Waals surface area contributed by atoms with Gasteiger partial charge in [0.15, 0.2) is 0 Å². The van der Waals surface area contributed by atoms with Gasteiger partial charge in [0.05, 0.1) is 23.3 Å². The maximum absolute atomic E-state index is 13.8. The van der Waals surface area contributed by atoms with Crippen molar-refractivity contribution in [1.82, 2.24) is 9.62 Å². The van der Waals surface area contributed by atoms with Crippen molar-refractivity contribution in [3.05, 3.63) is 58.4 Å². The van der Waals surface area contributed by atoms with Crippen molar-refractivity contribution in [2.24, 2.45) is 0 Å². The molecule has 0 spiro atoms. The van der Waals surface area contributed by atoms with E-state index < -0.39 is 15.9 Å². The number of hydrogen-bond donors (Lipinski definition) is 1. The number of hydrogen-bond acceptors (Lipinski definition) is 5. The number of nitrogens with one attached hydrogen (secondary N) is 1. The molecule has 1 amide bonds. The smallest absolute Gasteiger partial charge is 0.251 e. The molecule has 10 heteroatoms. The Morgan fingerprint density at radius 3 is 2.62 bits per heavy atom. The lowest BCUT2D eigenvalue weighted by atomic mass is 10.0. The minimum absolute atomic E-state index is 0.0508. The highest BCUT2D eigenvalue weighted by Crippen LogP contribution is 2.37. The van der Waals surface area contributed by atoms with E-state index in [1.807, 2.05) is 13.8 Å². The Bertz CT molecular complexity index is 1130. The molecule has 1 saturated heterocycles. The number of amides is 1. The van der Waals surface area contributed by atoms with Crippen molar-refractivity contribution in [1.29, 1.82) is 0 Å². The molecule has 3 atom stereocenters. The van der Waals surface area contributed by atoms with Crippen molar-refractivity contribution in [2.45, 2.75) is 48.3 Å². The van der Waals surface area contributed by atoms with Gasteiger partial charge in [-0.3, -0.25) is 4.79 Å². The summed E-state index contributed by atoms with van der Waals surface area (Å²) in [6, 6.07) is 8.41. The van der Waals surface area contributed by atoms with E-state index in [1.165, 1.54) is 34.6 Å². The van der Waals surface area contributed by atoms with Gasteiger partial charge < -0.3 is 10.1 Å². The molecular formula is C22H24ClFN2O4S2. The minimum Gasteiger partial charge on any atom is -0.373 e. The van der Waals surface area contributed by atoms with Gasteiger partial charge in [0.2, 0.25) is 10.0 Å². The summed E-state index contributed by atoms with van der Waals surface area (Å²) in [7, 11) is -3.91. The molecule has 0 radical (unpaired) electrons. The van der Waals surface area contributed by atoms with Crippen LogP contribution in [0, 0.1) is 5.82 Å². The van der Waals surface area contributed by atoms with Crippen molar-refractivity contribution in [2.75, 3.05) is 18.8 Å². The van der Waals surface area contributed by atoms with Gasteiger partial charge in [0, 0.05) is 29.3 Å². The zero-order valence-corrected chi connectivity index (χ0v) is 20.1. The molecule has 2 aliphatic heterocycles. The molecule has 6 nitrogen and oxygen atoms in total. The molecule has 0 bridgehead atoms. The standard InChI is InChI=1S/C22H24ClFN2O4S2/c1-13-11-26(12-14(2)30-13)32(28,29)21-9-15(3-5-18(21)23)22(27)25-19-7-8-31-20-6-4-16(24)10-17(19)20/h3-6,9-10,13-14,19H,7-8,11-12H2,1-2H3,(H,25,27)/t13-,14+,19-/m1/s1. The number of sulfonamides is 1. The molecule has 2 aromatic carbocycles. The predicted octanol–water partition coefficient (Wildman–Crippen LogP) is 4.24. The van der Waals surface area contributed by atoms with Gasteiger partial charge in [-0.15, -0.1) is 11.8 Å². The summed E-state index contributed by atoms with van der Waals surface area (Å²) in [6.07, 6.45) is 0.154. The van der Waals surface area contributed by atoms with Gasteiger partial charge in [-0.2, -0.15) is 4.31 Å². The first-order valence-corrected chi connectivity index (χ1v) is 13.1. The summed E-state index contributed by atoms with van der Waals surface area (Å²) in [5.74, 6) is -0.00897. The monoisotopic (exact) mass is 498 g/mol. The fourth-order valence-electron chi connectivity index (χ4n) is 4.07. The number of morpholine rings is 1. The third kappa shape index (κ3) is 4.82. The molecule has 0 unspecified atom stereocenters. The number of carbonyl (C=O) groups is 1. The largest absolute Gasteiger partial charge is 0.373 e. The molecule has 0 aromatic heterocycles.